The molecular formula is C35H38N4O6S. The monoisotopic (exact) mass is 642 g/mol. The number of anilines is 1. The SMILES string of the molecule is CC[C@H](C)NC(=O)[C@@H](Cc1ccccc1)N(Cc1cccc(C)c1)C(=O)CN(c1cccc([N+](=O)[O-])c1)S(=O)(=O)c1ccccc1. The number of nitro groups is 1. The van der Waals surface area contributed by atoms with E-state index in [1.54, 1.807) is 18.2 Å². The van der Waals surface area contributed by atoms with Crippen LogP contribution in [0, 0.1) is 17.0 Å². The van der Waals surface area contributed by atoms with Crippen molar-refractivity contribution in [2.24, 2.45) is 0 Å². The van der Waals surface area contributed by atoms with Crippen LogP contribution in [0.3, 0.4) is 0 Å². The van der Waals surface area contributed by atoms with Crippen LogP contribution >= 0.6 is 0 Å². The third-order valence-corrected chi connectivity index (χ3v) is 9.43. The highest BCUT2D eigenvalue weighted by Gasteiger charge is 2.35. The van der Waals surface area contributed by atoms with Gasteiger partial charge in [0.2, 0.25) is 11.8 Å². The Balaban J connectivity index is 1.83. The Morgan fingerprint density at radius 2 is 1.50 bits per heavy atom. The summed E-state index contributed by atoms with van der Waals surface area (Å²) in [6.07, 6.45) is 0.856. The Labute approximate surface area is 269 Å². The second-order valence-corrected chi connectivity index (χ2v) is 13.0. The smallest absolute Gasteiger partial charge is 0.271 e. The van der Waals surface area contributed by atoms with E-state index in [2.05, 4.69) is 5.32 Å². The Kier molecular flexibility index (Phi) is 11.3. The molecule has 0 aromatic heterocycles. The Bertz CT molecular complexity index is 1770. The van der Waals surface area contributed by atoms with Gasteiger partial charge in [-0.3, -0.25) is 24.0 Å². The summed E-state index contributed by atoms with van der Waals surface area (Å²) in [5.74, 6) is -1.01. The molecule has 10 nitrogen and oxygen atoms in total. The first-order valence-electron chi connectivity index (χ1n) is 15.0. The molecule has 0 fully saturated rings. The first kappa shape index (κ1) is 33.9. The number of nitrogens with zero attached hydrogens (tertiary/aromatic N) is 3. The molecule has 11 heteroatoms. The summed E-state index contributed by atoms with van der Waals surface area (Å²) >= 11 is 0. The summed E-state index contributed by atoms with van der Waals surface area (Å²) in [4.78, 5) is 40.7. The summed E-state index contributed by atoms with van der Waals surface area (Å²) in [7, 11) is -4.37. The molecule has 0 aliphatic rings. The van der Waals surface area contributed by atoms with Gasteiger partial charge in [0.1, 0.15) is 12.6 Å². The van der Waals surface area contributed by atoms with Gasteiger partial charge in [-0.15, -0.1) is 0 Å². The predicted octanol–water partition coefficient (Wildman–Crippen LogP) is 5.65. The van der Waals surface area contributed by atoms with Crippen molar-refractivity contribution in [2.45, 2.75) is 57.1 Å². The van der Waals surface area contributed by atoms with E-state index in [1.807, 2.05) is 75.4 Å². The Morgan fingerprint density at radius 1 is 0.870 bits per heavy atom. The number of benzene rings is 4. The molecule has 1 N–H and O–H groups in total. The highest BCUT2D eigenvalue weighted by Crippen LogP contribution is 2.28. The number of hydrogen-bond acceptors (Lipinski definition) is 6. The molecule has 240 valence electrons. The number of sulfonamides is 1. The third kappa shape index (κ3) is 8.57. The van der Waals surface area contributed by atoms with Gasteiger partial charge in [0.15, 0.2) is 0 Å². The van der Waals surface area contributed by atoms with Gasteiger partial charge < -0.3 is 10.2 Å². The number of hydrogen-bond donors (Lipinski definition) is 1. The summed E-state index contributed by atoms with van der Waals surface area (Å²) in [5, 5.41) is 14.6. The highest BCUT2D eigenvalue weighted by molar-refractivity contribution is 7.92. The summed E-state index contributed by atoms with van der Waals surface area (Å²) < 4.78 is 29.0. The van der Waals surface area contributed by atoms with Crippen LogP contribution < -0.4 is 9.62 Å². The lowest BCUT2D eigenvalue weighted by atomic mass is 10.0. The molecular weight excluding hydrogens is 604 g/mol. The van der Waals surface area contributed by atoms with Crippen molar-refractivity contribution in [3.05, 3.63) is 136 Å². The maximum Gasteiger partial charge on any atom is 0.271 e. The van der Waals surface area contributed by atoms with E-state index < -0.39 is 33.4 Å². The van der Waals surface area contributed by atoms with Gasteiger partial charge in [-0.25, -0.2) is 8.42 Å². The largest absolute Gasteiger partial charge is 0.352 e. The standard InChI is InChI=1S/C35H38N4O6S/c1-4-27(3)36-35(41)33(22-28-14-7-5-8-15-28)37(24-29-16-11-13-26(2)21-29)34(40)25-38(30-17-12-18-31(23-30)39(42)43)46(44,45)32-19-9-6-10-20-32/h5-21,23,27,33H,4,22,24-25H2,1-3H3,(H,36,41)/t27-,33+/m0/s1. The van der Waals surface area contributed by atoms with E-state index in [9.17, 15) is 28.1 Å². The Morgan fingerprint density at radius 3 is 2.13 bits per heavy atom. The molecule has 0 saturated carbocycles. The van der Waals surface area contributed by atoms with E-state index >= 15 is 0 Å². The van der Waals surface area contributed by atoms with Crippen LogP contribution in [0.1, 0.15) is 37.0 Å². The fourth-order valence-electron chi connectivity index (χ4n) is 5.01. The molecule has 0 spiro atoms. The van der Waals surface area contributed by atoms with Crippen molar-refractivity contribution in [1.29, 1.82) is 0 Å². The van der Waals surface area contributed by atoms with Gasteiger partial charge in [0.25, 0.3) is 15.7 Å². The van der Waals surface area contributed by atoms with Gasteiger partial charge in [-0.05, 0) is 49.6 Å². The molecule has 4 aromatic carbocycles. The van der Waals surface area contributed by atoms with Crippen LogP contribution in [0.25, 0.3) is 0 Å². The van der Waals surface area contributed by atoms with E-state index in [0.29, 0.717) is 6.42 Å². The van der Waals surface area contributed by atoms with Crippen LogP contribution in [0.5, 0.6) is 0 Å². The van der Waals surface area contributed by atoms with Crippen molar-refractivity contribution in [3.63, 3.8) is 0 Å². The maximum absolute atomic E-state index is 14.5. The van der Waals surface area contributed by atoms with Crippen molar-refractivity contribution < 1.29 is 22.9 Å². The quantitative estimate of drug-likeness (QED) is 0.140. The van der Waals surface area contributed by atoms with E-state index in [4.69, 9.17) is 0 Å². The van der Waals surface area contributed by atoms with E-state index in [-0.39, 0.29) is 41.2 Å². The molecule has 0 bridgehead atoms. The molecule has 4 rings (SSSR count). The van der Waals surface area contributed by atoms with E-state index in [1.165, 1.54) is 35.2 Å². The average Bonchev–Trinajstić information content (AvgIpc) is 3.05. The van der Waals surface area contributed by atoms with Gasteiger partial charge in [-0.1, -0.05) is 91.3 Å². The second kappa shape index (κ2) is 15.3. The normalized spacial score (nSPS) is 12.5. The Hall–Kier alpha value is -5.03. The lowest BCUT2D eigenvalue weighted by molar-refractivity contribution is -0.384. The number of amides is 2. The summed E-state index contributed by atoms with van der Waals surface area (Å²) in [6.45, 7) is 5.06. The van der Waals surface area contributed by atoms with E-state index in [0.717, 1.165) is 27.1 Å². The lowest BCUT2D eigenvalue weighted by Gasteiger charge is -2.34. The van der Waals surface area contributed by atoms with Gasteiger partial charge in [0.05, 0.1) is 15.5 Å². The molecule has 0 heterocycles. The fourth-order valence-corrected chi connectivity index (χ4v) is 6.44. The minimum absolute atomic E-state index is 0.0279. The average molecular weight is 643 g/mol. The minimum Gasteiger partial charge on any atom is -0.352 e. The minimum atomic E-state index is -4.37. The number of non-ortho nitro benzene ring substituents is 1. The zero-order valence-corrected chi connectivity index (χ0v) is 26.9. The zero-order chi connectivity index (χ0) is 33.3. The molecule has 46 heavy (non-hydrogen) atoms. The fraction of sp³-hybridized carbons (Fsp3) is 0.257. The maximum atomic E-state index is 14.5. The second-order valence-electron chi connectivity index (χ2n) is 11.1. The number of aryl methyl sites for hydroxylation is 1. The van der Waals surface area contributed by atoms with Crippen LogP contribution in [0.15, 0.2) is 114 Å². The third-order valence-electron chi connectivity index (χ3n) is 7.65. The van der Waals surface area contributed by atoms with Gasteiger partial charge >= 0.3 is 0 Å². The molecule has 2 amide bonds. The van der Waals surface area contributed by atoms with Crippen LogP contribution in [-0.2, 0) is 32.6 Å². The first-order chi connectivity index (χ1) is 22.0. The number of nitrogens with one attached hydrogen (secondary N) is 1. The molecule has 0 saturated heterocycles. The molecule has 0 aliphatic carbocycles. The van der Waals surface area contributed by atoms with Crippen molar-refractivity contribution in [1.82, 2.24) is 10.2 Å². The predicted molar refractivity (Wildman–Crippen MR) is 178 cm³/mol. The molecule has 0 radical (unpaired) electrons. The van der Waals surface area contributed by atoms with Gasteiger partial charge in [0, 0.05) is 31.1 Å². The molecule has 4 aromatic rings. The number of carbonyl (C=O) groups excluding carboxylic acids is 2. The van der Waals surface area contributed by atoms with Crippen LogP contribution in [0.2, 0.25) is 0 Å². The van der Waals surface area contributed by atoms with Crippen molar-refractivity contribution in [2.75, 3.05) is 10.8 Å². The number of nitro benzene ring substituents is 1. The zero-order valence-electron chi connectivity index (χ0n) is 26.1. The van der Waals surface area contributed by atoms with Crippen LogP contribution in [0.4, 0.5) is 11.4 Å². The number of rotatable bonds is 14. The molecule has 2 atom stereocenters. The van der Waals surface area contributed by atoms with Crippen LogP contribution in [-0.4, -0.2) is 48.7 Å². The number of carbonyl (C=O) groups is 2. The lowest BCUT2D eigenvalue weighted by Crippen LogP contribution is -2.54. The topological polar surface area (TPSA) is 130 Å². The van der Waals surface area contributed by atoms with Gasteiger partial charge in [-0.2, -0.15) is 0 Å². The molecule has 0 aliphatic heterocycles. The summed E-state index contributed by atoms with van der Waals surface area (Å²) in [6, 6.07) is 28.4. The molecule has 0 unspecified atom stereocenters. The summed E-state index contributed by atoms with van der Waals surface area (Å²) in [5.41, 5.74) is 2.16. The first-order valence-corrected chi connectivity index (χ1v) is 16.4. The van der Waals surface area contributed by atoms with Crippen molar-refractivity contribution in [3.8, 4) is 0 Å². The van der Waals surface area contributed by atoms with Crippen molar-refractivity contribution >= 4 is 33.2 Å². The highest BCUT2D eigenvalue weighted by atomic mass is 32.2.